The summed E-state index contributed by atoms with van der Waals surface area (Å²) >= 11 is 0. The molecule has 0 atom stereocenters. The van der Waals surface area contributed by atoms with E-state index >= 15 is 0 Å². The molecular formula is C18H20N4O3. The molecule has 25 heavy (non-hydrogen) atoms. The van der Waals surface area contributed by atoms with Crippen molar-refractivity contribution in [2.75, 3.05) is 11.9 Å². The average molecular weight is 340 g/mol. The number of benzene rings is 2. The summed E-state index contributed by atoms with van der Waals surface area (Å²) in [6.45, 7) is 0.649. The molecule has 0 aliphatic rings. The Bertz CT molecular complexity index is 772. The molecule has 2 aromatic carbocycles. The second kappa shape index (κ2) is 8.49. The van der Waals surface area contributed by atoms with E-state index in [1.54, 1.807) is 30.3 Å². The molecule has 130 valence electrons. The van der Waals surface area contributed by atoms with Crippen LogP contribution in [0.3, 0.4) is 0 Å². The van der Waals surface area contributed by atoms with Crippen LogP contribution >= 0.6 is 0 Å². The van der Waals surface area contributed by atoms with Crippen molar-refractivity contribution >= 4 is 23.4 Å². The molecule has 0 aromatic heterocycles. The van der Waals surface area contributed by atoms with Crippen molar-refractivity contribution in [1.82, 2.24) is 5.32 Å². The van der Waals surface area contributed by atoms with E-state index in [4.69, 9.17) is 16.2 Å². The Hall–Kier alpha value is -3.35. The van der Waals surface area contributed by atoms with E-state index in [1.165, 1.54) is 0 Å². The number of carbonyl (C=O) groups excluding carboxylic acids is 1. The van der Waals surface area contributed by atoms with Gasteiger partial charge in [-0.15, -0.1) is 0 Å². The summed E-state index contributed by atoms with van der Waals surface area (Å²) in [5.41, 5.74) is 8.35. The van der Waals surface area contributed by atoms with Crippen molar-refractivity contribution in [1.29, 1.82) is 5.41 Å². The number of carbonyl (C=O) groups is 2. The minimum Gasteiger partial charge on any atom is -0.481 e. The Morgan fingerprint density at radius 1 is 1.08 bits per heavy atom. The van der Waals surface area contributed by atoms with Gasteiger partial charge in [-0.1, -0.05) is 30.3 Å². The van der Waals surface area contributed by atoms with Crippen LogP contribution in [0.1, 0.15) is 27.9 Å². The molecule has 1 amide bonds. The molecule has 0 aliphatic carbocycles. The Kier molecular flexibility index (Phi) is 6.11. The largest absolute Gasteiger partial charge is 0.481 e. The molecule has 0 bridgehead atoms. The number of nitrogen functional groups attached to an aromatic ring is 1. The number of hydrogen-bond acceptors (Lipinski definition) is 4. The van der Waals surface area contributed by atoms with Gasteiger partial charge in [0.2, 0.25) is 0 Å². The topological polar surface area (TPSA) is 128 Å². The Balaban J connectivity index is 1.93. The van der Waals surface area contributed by atoms with Gasteiger partial charge in [0, 0.05) is 29.9 Å². The highest BCUT2D eigenvalue weighted by Gasteiger charge is 2.07. The number of nitrogens with two attached hydrogens (primary N) is 1. The molecule has 7 heteroatoms. The Morgan fingerprint density at radius 3 is 2.44 bits per heavy atom. The summed E-state index contributed by atoms with van der Waals surface area (Å²) in [6.07, 6.45) is -0.111. The maximum absolute atomic E-state index is 12.0. The summed E-state index contributed by atoms with van der Waals surface area (Å²) in [5.74, 6) is -1.23. The predicted molar refractivity (Wildman–Crippen MR) is 95.8 cm³/mol. The number of amides is 1. The molecule has 0 fully saturated rings. The zero-order valence-corrected chi connectivity index (χ0v) is 13.6. The number of hydrogen-bond donors (Lipinski definition) is 5. The minimum atomic E-state index is -0.952. The van der Waals surface area contributed by atoms with Crippen LogP contribution in [0.15, 0.2) is 48.5 Å². The fraction of sp³-hybridized carbons (Fsp3) is 0.167. The van der Waals surface area contributed by atoms with E-state index in [0.717, 1.165) is 11.3 Å². The quantitative estimate of drug-likeness (QED) is 0.370. The zero-order valence-electron chi connectivity index (χ0n) is 13.6. The molecule has 0 radical (unpaired) electrons. The number of amidine groups is 1. The monoisotopic (exact) mass is 340 g/mol. The second-order valence-corrected chi connectivity index (χ2v) is 5.44. The molecule has 2 rings (SSSR count). The van der Waals surface area contributed by atoms with Crippen molar-refractivity contribution < 1.29 is 14.7 Å². The summed E-state index contributed by atoms with van der Waals surface area (Å²) in [7, 11) is 0. The van der Waals surface area contributed by atoms with Gasteiger partial charge in [-0.3, -0.25) is 15.0 Å². The van der Waals surface area contributed by atoms with Crippen molar-refractivity contribution in [3.05, 3.63) is 65.2 Å². The van der Waals surface area contributed by atoms with Crippen LogP contribution in [-0.4, -0.2) is 29.4 Å². The molecule has 0 unspecified atom stereocenters. The first-order chi connectivity index (χ1) is 12.0. The van der Waals surface area contributed by atoms with E-state index in [0.29, 0.717) is 17.7 Å². The lowest BCUT2D eigenvalue weighted by Crippen LogP contribution is -2.26. The van der Waals surface area contributed by atoms with Crippen LogP contribution in [0.5, 0.6) is 0 Å². The van der Waals surface area contributed by atoms with Gasteiger partial charge in [-0.25, -0.2) is 0 Å². The maximum Gasteiger partial charge on any atom is 0.305 e. The fourth-order valence-electron chi connectivity index (χ4n) is 2.16. The van der Waals surface area contributed by atoms with Gasteiger partial charge < -0.3 is 21.5 Å². The molecule has 0 aliphatic heterocycles. The Morgan fingerprint density at radius 2 is 1.80 bits per heavy atom. The van der Waals surface area contributed by atoms with Gasteiger partial charge in [-0.2, -0.15) is 0 Å². The number of carboxylic acids is 1. The highest BCUT2D eigenvalue weighted by Crippen LogP contribution is 2.13. The lowest BCUT2D eigenvalue weighted by Gasteiger charge is -2.09. The summed E-state index contributed by atoms with van der Waals surface area (Å²) in [5, 5.41) is 21.7. The molecule has 2 aromatic rings. The number of rotatable bonds is 8. The van der Waals surface area contributed by atoms with Gasteiger partial charge >= 0.3 is 5.97 Å². The van der Waals surface area contributed by atoms with E-state index in [1.807, 2.05) is 18.2 Å². The summed E-state index contributed by atoms with van der Waals surface area (Å²) in [6, 6.07) is 14.3. The van der Waals surface area contributed by atoms with E-state index in [9.17, 15) is 9.59 Å². The van der Waals surface area contributed by atoms with Gasteiger partial charge in [-0.05, 0) is 23.8 Å². The van der Waals surface area contributed by atoms with Gasteiger partial charge in [0.15, 0.2) is 0 Å². The first kappa shape index (κ1) is 18.0. The second-order valence-electron chi connectivity index (χ2n) is 5.44. The zero-order chi connectivity index (χ0) is 18.2. The maximum atomic E-state index is 12.0. The van der Waals surface area contributed by atoms with Crippen molar-refractivity contribution in [3.8, 4) is 0 Å². The van der Waals surface area contributed by atoms with Crippen LogP contribution in [0.2, 0.25) is 0 Å². The molecule has 0 saturated heterocycles. The minimum absolute atomic E-state index is 0.0288. The van der Waals surface area contributed by atoms with Crippen molar-refractivity contribution in [3.63, 3.8) is 0 Å². The third-order valence-electron chi connectivity index (χ3n) is 3.51. The molecule has 6 N–H and O–H groups in total. The van der Waals surface area contributed by atoms with E-state index < -0.39 is 5.97 Å². The number of anilines is 1. The SMILES string of the molecule is N=C(N)c1ccc(CNc2cccc(C(=O)NCCC(=O)O)c2)cc1. The average Bonchev–Trinajstić information content (AvgIpc) is 2.60. The number of aliphatic carboxylic acids is 1. The normalized spacial score (nSPS) is 10.1. The Labute approximate surface area is 145 Å². The molecule has 0 saturated carbocycles. The highest BCUT2D eigenvalue weighted by molar-refractivity contribution is 5.95. The van der Waals surface area contributed by atoms with Gasteiger partial charge in [0.25, 0.3) is 5.91 Å². The molecule has 7 nitrogen and oxygen atoms in total. The molecular weight excluding hydrogens is 320 g/mol. The van der Waals surface area contributed by atoms with Crippen LogP contribution in [0.25, 0.3) is 0 Å². The third kappa shape index (κ3) is 5.65. The molecule has 0 heterocycles. The molecule has 0 spiro atoms. The van der Waals surface area contributed by atoms with Crippen LogP contribution < -0.4 is 16.4 Å². The highest BCUT2D eigenvalue weighted by atomic mass is 16.4. The smallest absolute Gasteiger partial charge is 0.305 e. The van der Waals surface area contributed by atoms with Crippen LogP contribution in [-0.2, 0) is 11.3 Å². The fourth-order valence-corrected chi connectivity index (χ4v) is 2.16. The lowest BCUT2D eigenvalue weighted by atomic mass is 10.1. The standard InChI is InChI=1S/C18H20N4O3/c19-17(20)13-6-4-12(5-7-13)11-22-15-3-1-2-14(10-15)18(25)21-9-8-16(23)24/h1-7,10,22H,8-9,11H2,(H3,19,20)(H,21,25)(H,23,24). The van der Waals surface area contributed by atoms with Crippen LogP contribution in [0.4, 0.5) is 5.69 Å². The first-order valence-electron chi connectivity index (χ1n) is 7.73. The van der Waals surface area contributed by atoms with Crippen molar-refractivity contribution in [2.24, 2.45) is 5.73 Å². The third-order valence-corrected chi connectivity index (χ3v) is 3.51. The van der Waals surface area contributed by atoms with E-state index in [2.05, 4.69) is 10.6 Å². The predicted octanol–water partition coefficient (Wildman–Crippen LogP) is 1.79. The summed E-state index contributed by atoms with van der Waals surface area (Å²) in [4.78, 5) is 22.5. The van der Waals surface area contributed by atoms with Crippen LogP contribution in [0, 0.1) is 5.41 Å². The van der Waals surface area contributed by atoms with E-state index in [-0.39, 0.29) is 24.7 Å². The number of nitrogens with one attached hydrogen (secondary N) is 3. The van der Waals surface area contributed by atoms with Crippen molar-refractivity contribution in [2.45, 2.75) is 13.0 Å². The van der Waals surface area contributed by atoms with Gasteiger partial charge in [0.1, 0.15) is 5.84 Å². The first-order valence-corrected chi connectivity index (χ1v) is 7.73. The summed E-state index contributed by atoms with van der Waals surface area (Å²) < 4.78 is 0. The number of carboxylic acid groups (broad SMARTS) is 1. The van der Waals surface area contributed by atoms with Gasteiger partial charge in [0.05, 0.1) is 6.42 Å². The lowest BCUT2D eigenvalue weighted by molar-refractivity contribution is -0.136.